The Morgan fingerprint density at radius 2 is 2.10 bits per heavy atom. The summed E-state index contributed by atoms with van der Waals surface area (Å²) in [6.45, 7) is 1.93. The molecule has 9 nitrogen and oxygen atoms in total. The molecule has 4 rings (SSSR count). The van der Waals surface area contributed by atoms with Gasteiger partial charge in [0.15, 0.2) is 10.8 Å². The van der Waals surface area contributed by atoms with Crippen LogP contribution in [0, 0.1) is 11.3 Å². The molecule has 0 spiro atoms. The van der Waals surface area contributed by atoms with E-state index in [1.807, 2.05) is 31.2 Å². The number of nitrogen functional groups attached to an aromatic ring is 1. The second-order valence-electron chi connectivity index (χ2n) is 6.00. The predicted octanol–water partition coefficient (Wildman–Crippen LogP) is 2.97. The molecular formula is C18H16ClN9S. The van der Waals surface area contributed by atoms with Crippen molar-refractivity contribution in [1.82, 2.24) is 29.5 Å². The fraction of sp³-hybridized carbons (Fsp3) is 0.111. The molecule has 146 valence electrons. The second kappa shape index (κ2) is 8.30. The second-order valence-corrected chi connectivity index (χ2v) is 6.39. The molecule has 0 aliphatic heterocycles. The molecular weight excluding hydrogens is 410 g/mol. The number of aromatic nitrogens is 6. The maximum Gasteiger partial charge on any atom is 0.155 e. The van der Waals surface area contributed by atoms with Crippen molar-refractivity contribution in [2.75, 3.05) is 11.1 Å². The van der Waals surface area contributed by atoms with Gasteiger partial charge in [0.25, 0.3) is 0 Å². The Bertz CT molecular complexity index is 1200. The smallest absolute Gasteiger partial charge is 0.155 e. The molecule has 0 aromatic carbocycles. The average Bonchev–Trinajstić information content (AvgIpc) is 3.08. The van der Waals surface area contributed by atoms with Crippen molar-refractivity contribution in [2.45, 2.75) is 13.0 Å². The molecule has 0 bridgehead atoms. The van der Waals surface area contributed by atoms with E-state index in [1.54, 1.807) is 16.9 Å². The number of imidazole rings is 1. The number of nitrogens with one attached hydrogen (secondary N) is 1. The fourth-order valence-corrected chi connectivity index (χ4v) is 3.03. The van der Waals surface area contributed by atoms with Crippen molar-refractivity contribution in [2.24, 2.45) is 0 Å². The Labute approximate surface area is 178 Å². The third-order valence-electron chi connectivity index (χ3n) is 4.22. The van der Waals surface area contributed by atoms with Crippen LogP contribution >= 0.6 is 25.1 Å². The van der Waals surface area contributed by atoms with Gasteiger partial charge in [-0.3, -0.25) is 4.98 Å². The van der Waals surface area contributed by atoms with Crippen LogP contribution in [0.4, 0.5) is 11.6 Å². The number of hydrogen-bond donors (Lipinski definition) is 2. The van der Waals surface area contributed by atoms with E-state index >= 15 is 0 Å². The molecule has 1 atom stereocenters. The first-order chi connectivity index (χ1) is 13.6. The Kier molecular flexibility index (Phi) is 5.81. The highest BCUT2D eigenvalue weighted by atomic mass is 35.5. The van der Waals surface area contributed by atoms with Gasteiger partial charge in [-0.1, -0.05) is 11.6 Å². The minimum Gasteiger partial charge on any atom is -0.382 e. The molecule has 0 fully saturated rings. The van der Waals surface area contributed by atoms with E-state index in [0.717, 1.165) is 11.1 Å². The van der Waals surface area contributed by atoms with Gasteiger partial charge < -0.3 is 11.1 Å². The summed E-state index contributed by atoms with van der Waals surface area (Å²) in [5, 5.41) is 17.6. The average molecular weight is 426 g/mol. The number of nitrogens with two attached hydrogens (primary N) is 1. The van der Waals surface area contributed by atoms with Crippen molar-refractivity contribution in [1.29, 1.82) is 5.26 Å². The first-order valence-corrected chi connectivity index (χ1v) is 8.68. The number of anilines is 2. The molecule has 0 radical (unpaired) electrons. The number of rotatable bonds is 4. The van der Waals surface area contributed by atoms with Crippen LogP contribution in [0.5, 0.6) is 0 Å². The van der Waals surface area contributed by atoms with Gasteiger partial charge in [-0.15, -0.1) is 0 Å². The number of nitriles is 1. The van der Waals surface area contributed by atoms with Gasteiger partial charge in [-0.25, -0.2) is 19.5 Å². The Morgan fingerprint density at radius 1 is 1.28 bits per heavy atom. The molecule has 0 unspecified atom stereocenters. The van der Waals surface area contributed by atoms with Crippen molar-refractivity contribution in [3.8, 4) is 17.3 Å². The topological polar surface area (TPSA) is 131 Å². The third kappa shape index (κ3) is 3.78. The fourth-order valence-electron chi connectivity index (χ4n) is 2.86. The van der Waals surface area contributed by atoms with Crippen LogP contribution in [-0.2, 0) is 0 Å². The molecule has 4 aromatic rings. The maximum atomic E-state index is 9.36. The van der Waals surface area contributed by atoms with E-state index in [1.165, 1.54) is 12.5 Å². The van der Waals surface area contributed by atoms with Gasteiger partial charge in [0, 0.05) is 23.5 Å². The van der Waals surface area contributed by atoms with Crippen LogP contribution in [0.2, 0.25) is 5.15 Å². The molecule has 0 aliphatic rings. The summed E-state index contributed by atoms with van der Waals surface area (Å²) in [5.41, 5.74) is 8.91. The first-order valence-electron chi connectivity index (χ1n) is 8.30. The van der Waals surface area contributed by atoms with E-state index in [4.69, 9.17) is 17.3 Å². The quantitative estimate of drug-likeness (QED) is 0.510. The lowest BCUT2D eigenvalue weighted by molar-refractivity contribution is 0.839. The zero-order chi connectivity index (χ0) is 19.7. The van der Waals surface area contributed by atoms with E-state index in [-0.39, 0.29) is 30.9 Å². The minimum absolute atomic E-state index is 0. The Balaban J connectivity index is 0.00000240. The molecule has 3 N–H and O–H groups in total. The van der Waals surface area contributed by atoms with Gasteiger partial charge in [0.1, 0.15) is 29.6 Å². The van der Waals surface area contributed by atoms with Crippen LogP contribution in [-0.4, -0.2) is 29.5 Å². The van der Waals surface area contributed by atoms with E-state index in [9.17, 15) is 5.26 Å². The molecule has 29 heavy (non-hydrogen) atoms. The highest BCUT2D eigenvalue weighted by molar-refractivity contribution is 7.59. The normalized spacial score (nSPS) is 11.5. The van der Waals surface area contributed by atoms with Gasteiger partial charge in [-0.2, -0.15) is 23.9 Å². The molecule has 11 heteroatoms. The Hall–Kier alpha value is -3.42. The van der Waals surface area contributed by atoms with Crippen LogP contribution in [0.3, 0.4) is 0 Å². The number of halogens is 1. The van der Waals surface area contributed by atoms with Crippen LogP contribution in [0.25, 0.3) is 16.9 Å². The van der Waals surface area contributed by atoms with E-state index < -0.39 is 0 Å². The van der Waals surface area contributed by atoms with Crippen LogP contribution in [0.1, 0.15) is 24.1 Å². The van der Waals surface area contributed by atoms with Crippen LogP contribution in [0.15, 0.2) is 43.1 Å². The highest BCUT2D eigenvalue weighted by Gasteiger charge is 2.19. The summed E-state index contributed by atoms with van der Waals surface area (Å²) in [7, 11) is 0. The molecule has 0 saturated carbocycles. The molecule has 0 aliphatic carbocycles. The SMILES string of the molecule is C[C@H](Nc1ncnc(N)c1C#N)c1cc2ncc(Cl)n2nc1-c1cccnc1.S. The van der Waals surface area contributed by atoms with Crippen molar-refractivity contribution >= 4 is 42.4 Å². The molecule has 0 amide bonds. The summed E-state index contributed by atoms with van der Waals surface area (Å²) in [6, 6.07) is 7.38. The number of hydrogen-bond acceptors (Lipinski definition) is 8. The van der Waals surface area contributed by atoms with Gasteiger partial charge in [0.05, 0.1) is 17.9 Å². The molecule has 4 aromatic heterocycles. The molecule has 4 heterocycles. The van der Waals surface area contributed by atoms with Gasteiger partial charge >= 0.3 is 0 Å². The lowest BCUT2D eigenvalue weighted by Crippen LogP contribution is -2.13. The van der Waals surface area contributed by atoms with E-state index in [0.29, 0.717) is 22.3 Å². The summed E-state index contributed by atoms with van der Waals surface area (Å²) >= 11 is 6.19. The lowest BCUT2D eigenvalue weighted by atomic mass is 10.0. The summed E-state index contributed by atoms with van der Waals surface area (Å²) in [4.78, 5) is 16.5. The standard InChI is InChI=1S/C18H14ClN9.H2S/c1-10(26-18-13(6-20)17(21)24-9-25-18)12-5-15-23-8-14(19)28(15)27-16(12)11-3-2-4-22-7-11;/h2-5,7-10H,1H3,(H3,21,24,25,26);1H2/t10-;/m0./s1. The minimum atomic E-state index is -0.274. The number of nitrogens with zero attached hydrogens (tertiary/aromatic N) is 7. The van der Waals surface area contributed by atoms with Gasteiger partial charge in [0.2, 0.25) is 0 Å². The zero-order valence-corrected chi connectivity index (χ0v) is 17.0. The summed E-state index contributed by atoms with van der Waals surface area (Å²) in [6.07, 6.45) is 6.26. The van der Waals surface area contributed by atoms with Crippen molar-refractivity contribution in [3.05, 3.63) is 59.4 Å². The summed E-state index contributed by atoms with van der Waals surface area (Å²) < 4.78 is 1.56. The van der Waals surface area contributed by atoms with Crippen molar-refractivity contribution < 1.29 is 0 Å². The Morgan fingerprint density at radius 3 is 2.83 bits per heavy atom. The predicted molar refractivity (Wildman–Crippen MR) is 115 cm³/mol. The zero-order valence-electron chi connectivity index (χ0n) is 15.2. The number of fused-ring (bicyclic) bond motifs is 1. The van der Waals surface area contributed by atoms with Crippen molar-refractivity contribution in [3.63, 3.8) is 0 Å². The third-order valence-corrected chi connectivity index (χ3v) is 4.48. The lowest BCUT2D eigenvalue weighted by Gasteiger charge is -2.19. The maximum absolute atomic E-state index is 9.36. The summed E-state index contributed by atoms with van der Waals surface area (Å²) in [5.74, 6) is 0.467. The number of pyridine rings is 1. The highest BCUT2D eigenvalue weighted by Crippen LogP contribution is 2.30. The van der Waals surface area contributed by atoms with Crippen LogP contribution < -0.4 is 11.1 Å². The monoisotopic (exact) mass is 425 g/mol. The van der Waals surface area contributed by atoms with Gasteiger partial charge in [-0.05, 0) is 25.1 Å². The molecule has 0 saturated heterocycles. The first kappa shape index (κ1) is 20.3. The van der Waals surface area contributed by atoms with E-state index in [2.05, 4.69) is 30.4 Å². The largest absolute Gasteiger partial charge is 0.382 e.